The molecular formula is C8H17PS. The van der Waals surface area contributed by atoms with E-state index in [-0.39, 0.29) is 0 Å². The predicted octanol–water partition coefficient (Wildman–Crippen LogP) is 3.61. The van der Waals surface area contributed by atoms with E-state index in [1.54, 1.807) is 0 Å². The Kier molecular flexibility index (Phi) is 6.57. The van der Waals surface area contributed by atoms with E-state index in [0.717, 1.165) is 18.9 Å². The van der Waals surface area contributed by atoms with Gasteiger partial charge in [0.1, 0.15) is 0 Å². The Morgan fingerprint density at radius 1 is 1.30 bits per heavy atom. The minimum absolute atomic E-state index is 0.768. The Labute approximate surface area is 71.2 Å². The zero-order valence-electron chi connectivity index (χ0n) is 7.13. The third-order valence-corrected chi connectivity index (χ3v) is 3.76. The molecule has 0 aromatic rings. The first-order valence-corrected chi connectivity index (χ1v) is 6.04. The van der Waals surface area contributed by atoms with Crippen LogP contribution in [-0.2, 0) is 11.8 Å². The Hall–Kier alpha value is 0.520. The van der Waals surface area contributed by atoms with Gasteiger partial charge in [0, 0.05) is 5.66 Å². The van der Waals surface area contributed by atoms with Gasteiger partial charge in [-0.25, -0.2) is 0 Å². The fourth-order valence-corrected chi connectivity index (χ4v) is 2.22. The fourth-order valence-electron chi connectivity index (χ4n) is 0.915. The van der Waals surface area contributed by atoms with Gasteiger partial charge in [-0.1, -0.05) is 39.0 Å². The molecule has 0 nitrogen and oxygen atoms in total. The number of rotatable bonds is 5. The van der Waals surface area contributed by atoms with E-state index in [0.29, 0.717) is 0 Å². The Balaban J connectivity index is 3.51. The molecule has 2 heteroatoms. The second kappa shape index (κ2) is 6.24. The van der Waals surface area contributed by atoms with Crippen LogP contribution >= 0.6 is 7.36 Å². The summed E-state index contributed by atoms with van der Waals surface area (Å²) in [6.45, 7) is 6.78. The number of hydrogen-bond acceptors (Lipinski definition) is 1. The monoisotopic (exact) mass is 176 g/mol. The van der Waals surface area contributed by atoms with E-state index in [9.17, 15) is 0 Å². The molecule has 0 aromatic carbocycles. The van der Waals surface area contributed by atoms with E-state index >= 15 is 0 Å². The van der Waals surface area contributed by atoms with Crippen molar-refractivity contribution in [2.24, 2.45) is 5.92 Å². The summed E-state index contributed by atoms with van der Waals surface area (Å²) in [5.41, 5.74) is 0.768. The van der Waals surface area contributed by atoms with Crippen LogP contribution in [0.3, 0.4) is 0 Å². The highest BCUT2D eigenvalue weighted by atomic mass is 32.4. The summed E-state index contributed by atoms with van der Waals surface area (Å²) in [4.78, 5) is 0. The zero-order valence-corrected chi connectivity index (χ0v) is 8.84. The lowest BCUT2D eigenvalue weighted by atomic mass is 10.0. The highest BCUT2D eigenvalue weighted by Crippen LogP contribution is 2.21. The highest BCUT2D eigenvalue weighted by Gasteiger charge is 2.06. The first-order valence-electron chi connectivity index (χ1n) is 4.07. The minimum atomic E-state index is 0.768. The second-order valence-corrected chi connectivity index (χ2v) is 4.49. The summed E-state index contributed by atoms with van der Waals surface area (Å²) in [5, 5.41) is 0. The van der Waals surface area contributed by atoms with Gasteiger partial charge in [0.05, 0.1) is 0 Å². The number of hydrogen-bond donors (Lipinski definition) is 0. The van der Waals surface area contributed by atoms with E-state index in [4.69, 9.17) is 11.8 Å². The molecule has 0 spiro atoms. The summed E-state index contributed by atoms with van der Waals surface area (Å²) < 4.78 is 0. The van der Waals surface area contributed by atoms with Gasteiger partial charge in [-0.05, 0) is 26.1 Å². The maximum absolute atomic E-state index is 5.01. The average Bonchev–Trinajstić information content (AvgIpc) is 1.99. The van der Waals surface area contributed by atoms with Gasteiger partial charge < -0.3 is 0 Å². The van der Waals surface area contributed by atoms with Gasteiger partial charge in [0.2, 0.25) is 0 Å². The topological polar surface area (TPSA) is 0 Å². The molecule has 0 N–H and O–H groups in total. The Morgan fingerprint density at radius 2 is 1.90 bits per heavy atom. The summed E-state index contributed by atoms with van der Waals surface area (Å²) >= 11 is 5.01. The second-order valence-electron chi connectivity index (χ2n) is 2.92. The summed E-state index contributed by atoms with van der Waals surface area (Å²) in [6, 6.07) is 0. The van der Waals surface area contributed by atoms with E-state index in [1.807, 2.05) is 0 Å². The smallest absolute Gasteiger partial charge is 0.0113 e. The van der Waals surface area contributed by atoms with Gasteiger partial charge >= 0.3 is 0 Å². The molecule has 0 aliphatic heterocycles. The molecule has 0 amide bonds. The predicted molar refractivity (Wildman–Crippen MR) is 52.4 cm³/mol. The molecular weight excluding hydrogens is 159 g/mol. The Morgan fingerprint density at radius 3 is 2.20 bits per heavy atom. The molecule has 60 valence electrons. The molecule has 0 saturated heterocycles. The van der Waals surface area contributed by atoms with Gasteiger partial charge in [-0.2, -0.15) is 0 Å². The van der Waals surface area contributed by atoms with Crippen molar-refractivity contribution in [3.8, 4) is 0 Å². The van der Waals surface area contributed by atoms with Gasteiger partial charge in [-0.3, -0.25) is 0 Å². The maximum Gasteiger partial charge on any atom is 0.0113 e. The van der Waals surface area contributed by atoms with Crippen molar-refractivity contribution in [2.45, 2.75) is 45.7 Å². The molecule has 0 aliphatic carbocycles. The van der Waals surface area contributed by atoms with Crippen LogP contribution in [0.2, 0.25) is 0 Å². The van der Waals surface area contributed by atoms with E-state index < -0.39 is 0 Å². The molecule has 0 aliphatic rings. The van der Waals surface area contributed by atoms with Crippen LogP contribution in [0.5, 0.6) is 0 Å². The van der Waals surface area contributed by atoms with Crippen LogP contribution in [0.4, 0.5) is 0 Å². The molecule has 0 bridgehead atoms. The van der Waals surface area contributed by atoms with Crippen molar-refractivity contribution in [1.29, 1.82) is 0 Å². The Bertz CT molecular complexity index is 93.3. The van der Waals surface area contributed by atoms with Crippen LogP contribution < -0.4 is 0 Å². The maximum atomic E-state index is 5.01. The van der Waals surface area contributed by atoms with Crippen molar-refractivity contribution in [2.75, 3.05) is 0 Å². The van der Waals surface area contributed by atoms with Crippen LogP contribution in [0.1, 0.15) is 40.0 Å². The minimum Gasteiger partial charge on any atom is -0.0651 e. The largest absolute Gasteiger partial charge is 0.0651 e. The third-order valence-electron chi connectivity index (χ3n) is 1.99. The quantitative estimate of drug-likeness (QED) is 0.577. The molecule has 0 saturated carbocycles. The van der Waals surface area contributed by atoms with E-state index in [2.05, 4.69) is 20.8 Å². The van der Waals surface area contributed by atoms with Crippen molar-refractivity contribution in [3.05, 3.63) is 0 Å². The third kappa shape index (κ3) is 4.35. The molecule has 0 heterocycles. The van der Waals surface area contributed by atoms with Crippen LogP contribution in [0.25, 0.3) is 0 Å². The molecule has 0 aromatic heterocycles. The van der Waals surface area contributed by atoms with Gasteiger partial charge in [0.15, 0.2) is 0 Å². The lowest BCUT2D eigenvalue weighted by molar-refractivity contribution is 0.499. The van der Waals surface area contributed by atoms with Gasteiger partial charge in [0.25, 0.3) is 0 Å². The zero-order chi connectivity index (χ0) is 7.98. The first-order chi connectivity index (χ1) is 4.74. The summed E-state index contributed by atoms with van der Waals surface area (Å²) in [5.74, 6) is 0.861. The fraction of sp³-hybridized carbons (Fsp3) is 1.00. The lowest BCUT2D eigenvalue weighted by Crippen LogP contribution is -2.03. The molecule has 0 rings (SSSR count). The highest BCUT2D eigenvalue weighted by molar-refractivity contribution is 7.96. The average molecular weight is 176 g/mol. The standard InChI is InChI=1S/C8H17PS/c1-4-7(3)6-8(5-2)9-10/h7-8H,4-6H2,1-3H3. The molecule has 2 atom stereocenters. The molecule has 0 fully saturated rings. The van der Waals surface area contributed by atoms with Gasteiger partial charge in [-0.15, -0.1) is 0 Å². The molecule has 0 radical (unpaired) electrons. The SMILES string of the molecule is CCC(C)CC(CC)P=S. The first kappa shape index (κ1) is 10.5. The molecule has 10 heavy (non-hydrogen) atoms. The van der Waals surface area contributed by atoms with E-state index in [1.165, 1.54) is 19.3 Å². The van der Waals surface area contributed by atoms with Crippen LogP contribution in [0, 0.1) is 5.92 Å². The van der Waals surface area contributed by atoms with Crippen LogP contribution in [0.15, 0.2) is 0 Å². The summed E-state index contributed by atoms with van der Waals surface area (Å²) in [6.07, 6.45) is 3.86. The van der Waals surface area contributed by atoms with Crippen molar-refractivity contribution >= 4 is 19.2 Å². The summed E-state index contributed by atoms with van der Waals surface area (Å²) in [7, 11) is 1.16. The van der Waals surface area contributed by atoms with Crippen molar-refractivity contribution in [1.82, 2.24) is 0 Å². The van der Waals surface area contributed by atoms with Crippen molar-refractivity contribution < 1.29 is 0 Å². The van der Waals surface area contributed by atoms with Crippen molar-refractivity contribution in [3.63, 3.8) is 0 Å². The lowest BCUT2D eigenvalue weighted by Gasteiger charge is -2.12. The molecule has 2 unspecified atom stereocenters. The van der Waals surface area contributed by atoms with Crippen LogP contribution in [-0.4, -0.2) is 5.66 Å². The normalized spacial score (nSPS) is 17.1.